The molecule has 5 aromatic rings. The number of pyridine rings is 2. The molecule has 0 aliphatic rings. The Labute approximate surface area is 233 Å². The van der Waals surface area contributed by atoms with Crippen molar-refractivity contribution in [2.45, 2.75) is 12.8 Å². The SMILES string of the molecule is COc1cc2ccnc(Cc3ccccc3Cc3nccc4cc(OC)c(OC)c(OC)c34)c2c(OC)c1OC. The van der Waals surface area contributed by atoms with Gasteiger partial charge in [0.2, 0.25) is 11.5 Å². The van der Waals surface area contributed by atoms with Crippen LogP contribution in [-0.2, 0) is 12.8 Å². The van der Waals surface area contributed by atoms with Crippen LogP contribution in [0.25, 0.3) is 21.5 Å². The number of hydrogen-bond acceptors (Lipinski definition) is 8. The number of methoxy groups -OCH3 is 6. The molecule has 0 fully saturated rings. The molecular formula is C32H32N2O6. The first-order chi connectivity index (χ1) is 19.6. The number of aromatic nitrogens is 2. The first-order valence-corrected chi connectivity index (χ1v) is 12.8. The van der Waals surface area contributed by atoms with Crippen molar-refractivity contribution in [2.75, 3.05) is 42.7 Å². The van der Waals surface area contributed by atoms with Gasteiger partial charge in [0.15, 0.2) is 23.0 Å². The summed E-state index contributed by atoms with van der Waals surface area (Å²) in [5.41, 5.74) is 3.99. The number of nitrogens with zero attached hydrogens (tertiary/aromatic N) is 2. The minimum Gasteiger partial charge on any atom is -0.493 e. The Morgan fingerprint density at radius 2 is 0.900 bits per heavy atom. The summed E-state index contributed by atoms with van der Waals surface area (Å²) in [5, 5.41) is 3.69. The monoisotopic (exact) mass is 540 g/mol. The van der Waals surface area contributed by atoms with Crippen LogP contribution in [0, 0.1) is 0 Å². The zero-order chi connectivity index (χ0) is 28.2. The van der Waals surface area contributed by atoms with Gasteiger partial charge in [-0.25, -0.2) is 0 Å². The van der Waals surface area contributed by atoms with Gasteiger partial charge in [0.1, 0.15) is 0 Å². The Bertz CT molecular complexity index is 1560. The summed E-state index contributed by atoms with van der Waals surface area (Å²) < 4.78 is 34.1. The number of benzene rings is 3. The van der Waals surface area contributed by atoms with Gasteiger partial charge in [-0.2, -0.15) is 0 Å². The molecule has 8 heteroatoms. The van der Waals surface area contributed by atoms with Gasteiger partial charge < -0.3 is 28.4 Å². The quantitative estimate of drug-likeness (QED) is 0.213. The maximum atomic E-state index is 5.82. The third-order valence-electron chi connectivity index (χ3n) is 7.10. The second-order valence-corrected chi connectivity index (χ2v) is 9.12. The normalized spacial score (nSPS) is 10.9. The lowest BCUT2D eigenvalue weighted by atomic mass is 9.94. The molecule has 3 aromatic carbocycles. The number of fused-ring (bicyclic) bond motifs is 2. The van der Waals surface area contributed by atoms with Gasteiger partial charge in [0.25, 0.3) is 0 Å². The smallest absolute Gasteiger partial charge is 0.204 e. The molecule has 0 aliphatic heterocycles. The predicted octanol–water partition coefficient (Wildman–Crippen LogP) is 6.02. The Morgan fingerprint density at radius 3 is 1.25 bits per heavy atom. The minimum atomic E-state index is 0.538. The summed E-state index contributed by atoms with van der Waals surface area (Å²) in [7, 11) is 9.70. The van der Waals surface area contributed by atoms with Crippen molar-refractivity contribution in [3.05, 3.63) is 83.4 Å². The lowest BCUT2D eigenvalue weighted by molar-refractivity contribution is 0.327. The van der Waals surface area contributed by atoms with Gasteiger partial charge >= 0.3 is 0 Å². The lowest BCUT2D eigenvalue weighted by Gasteiger charge is -2.18. The molecular weight excluding hydrogens is 508 g/mol. The summed E-state index contributed by atoms with van der Waals surface area (Å²) in [6.07, 6.45) is 4.78. The highest BCUT2D eigenvalue weighted by Crippen LogP contribution is 2.46. The number of ether oxygens (including phenoxy) is 6. The summed E-state index contributed by atoms with van der Waals surface area (Å²) >= 11 is 0. The third kappa shape index (κ3) is 4.66. The predicted molar refractivity (Wildman–Crippen MR) is 155 cm³/mol. The van der Waals surface area contributed by atoms with E-state index in [-0.39, 0.29) is 0 Å². The van der Waals surface area contributed by atoms with Crippen LogP contribution in [0.1, 0.15) is 22.5 Å². The molecule has 0 N–H and O–H groups in total. The van der Waals surface area contributed by atoms with E-state index in [4.69, 9.17) is 38.4 Å². The maximum absolute atomic E-state index is 5.82. The van der Waals surface area contributed by atoms with Crippen LogP contribution in [0.15, 0.2) is 60.9 Å². The van der Waals surface area contributed by atoms with Gasteiger partial charge in [0.05, 0.1) is 54.0 Å². The molecule has 0 unspecified atom stereocenters. The van der Waals surface area contributed by atoms with E-state index < -0.39 is 0 Å². The fraction of sp³-hybridized carbons (Fsp3) is 0.250. The van der Waals surface area contributed by atoms with E-state index in [0.717, 1.165) is 44.1 Å². The largest absolute Gasteiger partial charge is 0.493 e. The molecule has 0 atom stereocenters. The van der Waals surface area contributed by atoms with E-state index in [0.29, 0.717) is 47.3 Å². The molecule has 206 valence electrons. The summed E-state index contributed by atoms with van der Waals surface area (Å²) in [5.74, 6) is 3.48. The van der Waals surface area contributed by atoms with Crippen LogP contribution in [-0.4, -0.2) is 52.6 Å². The van der Waals surface area contributed by atoms with E-state index >= 15 is 0 Å². The Balaban J connectivity index is 1.62. The van der Waals surface area contributed by atoms with E-state index in [9.17, 15) is 0 Å². The van der Waals surface area contributed by atoms with Crippen LogP contribution in [0.3, 0.4) is 0 Å². The van der Waals surface area contributed by atoms with Gasteiger partial charge in [-0.3, -0.25) is 9.97 Å². The van der Waals surface area contributed by atoms with Gasteiger partial charge in [-0.15, -0.1) is 0 Å². The van der Waals surface area contributed by atoms with Crippen LogP contribution >= 0.6 is 0 Å². The Kier molecular flexibility index (Phi) is 7.77. The second-order valence-electron chi connectivity index (χ2n) is 9.12. The van der Waals surface area contributed by atoms with Crippen LogP contribution in [0.2, 0.25) is 0 Å². The fourth-order valence-electron chi connectivity index (χ4n) is 5.28. The molecule has 0 bridgehead atoms. The average Bonchev–Trinajstić information content (AvgIpc) is 2.99. The Morgan fingerprint density at radius 1 is 0.500 bits per heavy atom. The van der Waals surface area contributed by atoms with Crippen LogP contribution in [0.4, 0.5) is 0 Å². The first kappa shape index (κ1) is 26.9. The Hall–Kier alpha value is -4.72. The van der Waals surface area contributed by atoms with E-state index in [1.54, 1.807) is 42.7 Å². The zero-order valence-electron chi connectivity index (χ0n) is 23.5. The molecule has 5 rings (SSSR count). The molecule has 0 aliphatic carbocycles. The van der Waals surface area contributed by atoms with Gasteiger partial charge in [-0.1, -0.05) is 24.3 Å². The van der Waals surface area contributed by atoms with E-state index in [1.807, 2.05) is 48.8 Å². The highest BCUT2D eigenvalue weighted by molar-refractivity contribution is 5.96. The fourth-order valence-corrected chi connectivity index (χ4v) is 5.28. The van der Waals surface area contributed by atoms with Crippen molar-refractivity contribution in [1.29, 1.82) is 0 Å². The van der Waals surface area contributed by atoms with Crippen LogP contribution in [0.5, 0.6) is 34.5 Å². The zero-order valence-corrected chi connectivity index (χ0v) is 23.5. The van der Waals surface area contributed by atoms with Crippen molar-refractivity contribution >= 4 is 21.5 Å². The van der Waals surface area contributed by atoms with E-state index in [1.165, 1.54) is 0 Å². The van der Waals surface area contributed by atoms with Crippen molar-refractivity contribution in [1.82, 2.24) is 9.97 Å². The average molecular weight is 541 g/mol. The standard InChI is InChI=1S/C32H32N2O6/c1-35-25-17-21-11-13-33-23(27(21)31(39-5)29(25)37-3)15-19-9-7-8-10-20(19)16-24-28-22(12-14-34-24)18-26(36-2)30(38-4)32(28)40-6/h7-14,17-18H,15-16H2,1-6H3. The molecule has 0 saturated carbocycles. The molecule has 2 aromatic heterocycles. The van der Waals surface area contributed by atoms with Crippen molar-refractivity contribution in [2.24, 2.45) is 0 Å². The van der Waals surface area contributed by atoms with Crippen molar-refractivity contribution in [3.8, 4) is 34.5 Å². The number of hydrogen-bond donors (Lipinski definition) is 0. The molecule has 0 saturated heterocycles. The topological polar surface area (TPSA) is 81.2 Å². The van der Waals surface area contributed by atoms with Crippen molar-refractivity contribution in [3.63, 3.8) is 0 Å². The first-order valence-electron chi connectivity index (χ1n) is 12.8. The van der Waals surface area contributed by atoms with Crippen molar-refractivity contribution < 1.29 is 28.4 Å². The highest BCUT2D eigenvalue weighted by Gasteiger charge is 2.22. The molecule has 0 amide bonds. The minimum absolute atomic E-state index is 0.538. The summed E-state index contributed by atoms with van der Waals surface area (Å²) in [4.78, 5) is 9.53. The molecule has 0 radical (unpaired) electrons. The number of rotatable bonds is 10. The van der Waals surface area contributed by atoms with Crippen LogP contribution < -0.4 is 28.4 Å². The van der Waals surface area contributed by atoms with Gasteiger partial charge in [-0.05, 0) is 46.2 Å². The molecule has 40 heavy (non-hydrogen) atoms. The summed E-state index contributed by atoms with van der Waals surface area (Å²) in [6, 6.07) is 16.1. The molecule has 2 heterocycles. The summed E-state index contributed by atoms with van der Waals surface area (Å²) in [6.45, 7) is 0. The van der Waals surface area contributed by atoms with Gasteiger partial charge in [0, 0.05) is 36.0 Å². The van der Waals surface area contributed by atoms with E-state index in [2.05, 4.69) is 12.1 Å². The molecule has 8 nitrogen and oxygen atoms in total. The second kappa shape index (κ2) is 11.6. The molecule has 0 spiro atoms. The third-order valence-corrected chi connectivity index (χ3v) is 7.10. The lowest BCUT2D eigenvalue weighted by Crippen LogP contribution is -2.04. The highest BCUT2D eigenvalue weighted by atomic mass is 16.5. The maximum Gasteiger partial charge on any atom is 0.204 e.